The first-order valence-electron chi connectivity index (χ1n) is 8.22. The molecule has 0 N–H and O–H groups in total. The standard InChI is InChI=1S/C18H15F2N3O2S/c19-11-5-6-13(14(20)9-11)17-21-18(25-22-17)15-4-1-7-23(15)16(24)10-12-3-2-8-26-12/h2-3,5-6,8-9,15H,1,4,7,10H2/t15-/m0/s1. The van der Waals surface area contributed by atoms with Crippen LogP contribution >= 0.6 is 11.3 Å². The van der Waals surface area contributed by atoms with E-state index >= 15 is 0 Å². The summed E-state index contributed by atoms with van der Waals surface area (Å²) in [6, 6.07) is 6.71. The lowest BCUT2D eigenvalue weighted by Crippen LogP contribution is -2.31. The highest BCUT2D eigenvalue weighted by Crippen LogP contribution is 2.33. The van der Waals surface area contributed by atoms with Gasteiger partial charge in [0.15, 0.2) is 0 Å². The van der Waals surface area contributed by atoms with Crippen molar-refractivity contribution in [1.82, 2.24) is 15.0 Å². The number of likely N-dealkylation sites (tertiary alicyclic amines) is 1. The second-order valence-electron chi connectivity index (χ2n) is 6.08. The molecule has 1 aliphatic heterocycles. The van der Waals surface area contributed by atoms with Crippen molar-refractivity contribution in [3.8, 4) is 11.4 Å². The lowest BCUT2D eigenvalue weighted by Gasteiger charge is -2.21. The lowest BCUT2D eigenvalue weighted by atomic mass is 10.2. The zero-order valence-electron chi connectivity index (χ0n) is 13.7. The lowest BCUT2D eigenvalue weighted by molar-refractivity contribution is -0.131. The Balaban J connectivity index is 1.55. The van der Waals surface area contributed by atoms with Gasteiger partial charge in [-0.1, -0.05) is 11.2 Å². The minimum absolute atomic E-state index is 0.00247. The molecule has 2 aromatic heterocycles. The van der Waals surface area contributed by atoms with Crippen molar-refractivity contribution in [3.63, 3.8) is 0 Å². The average Bonchev–Trinajstić information content (AvgIpc) is 3.35. The number of rotatable bonds is 4. The quantitative estimate of drug-likeness (QED) is 0.692. The highest BCUT2D eigenvalue weighted by Gasteiger charge is 2.34. The molecular weight excluding hydrogens is 360 g/mol. The average molecular weight is 375 g/mol. The van der Waals surface area contributed by atoms with Crippen LogP contribution in [0, 0.1) is 11.6 Å². The van der Waals surface area contributed by atoms with Crippen molar-refractivity contribution in [2.75, 3.05) is 6.54 Å². The molecule has 1 amide bonds. The van der Waals surface area contributed by atoms with Gasteiger partial charge >= 0.3 is 0 Å². The number of aromatic nitrogens is 2. The van der Waals surface area contributed by atoms with E-state index in [4.69, 9.17) is 4.52 Å². The Labute approximate surface area is 152 Å². The molecule has 1 aromatic carbocycles. The number of halogens is 2. The Morgan fingerprint density at radius 2 is 2.23 bits per heavy atom. The molecule has 1 saturated heterocycles. The minimum atomic E-state index is -0.755. The highest BCUT2D eigenvalue weighted by molar-refractivity contribution is 7.10. The summed E-state index contributed by atoms with van der Waals surface area (Å²) in [6.07, 6.45) is 1.88. The number of thiophene rings is 1. The fourth-order valence-corrected chi connectivity index (χ4v) is 3.83. The molecule has 5 nitrogen and oxygen atoms in total. The summed E-state index contributed by atoms with van der Waals surface area (Å²) in [4.78, 5) is 19.6. The number of hydrogen-bond acceptors (Lipinski definition) is 5. The molecule has 3 heterocycles. The molecule has 1 aliphatic rings. The second-order valence-corrected chi connectivity index (χ2v) is 7.11. The van der Waals surface area contributed by atoms with Crippen molar-refractivity contribution in [2.24, 2.45) is 0 Å². The summed E-state index contributed by atoms with van der Waals surface area (Å²) in [6.45, 7) is 0.623. The molecule has 1 atom stereocenters. The second kappa shape index (κ2) is 6.95. The third kappa shape index (κ3) is 3.24. The Morgan fingerprint density at radius 3 is 3.00 bits per heavy atom. The predicted octanol–water partition coefficient (Wildman–Crippen LogP) is 3.98. The maximum absolute atomic E-state index is 13.9. The van der Waals surface area contributed by atoms with Crippen molar-refractivity contribution in [1.29, 1.82) is 0 Å². The summed E-state index contributed by atoms with van der Waals surface area (Å²) in [5, 5.41) is 5.74. The largest absolute Gasteiger partial charge is 0.337 e. The first-order chi connectivity index (χ1) is 12.6. The summed E-state index contributed by atoms with van der Waals surface area (Å²) in [5.74, 6) is -1.09. The number of nitrogens with zero attached hydrogens (tertiary/aromatic N) is 3. The van der Waals surface area contributed by atoms with Crippen LogP contribution in [0.25, 0.3) is 11.4 Å². The summed E-state index contributed by atoms with van der Waals surface area (Å²) < 4.78 is 32.3. The van der Waals surface area contributed by atoms with Crippen LogP contribution < -0.4 is 0 Å². The Kier molecular flexibility index (Phi) is 4.50. The number of carbonyl (C=O) groups is 1. The third-order valence-electron chi connectivity index (χ3n) is 4.38. The van der Waals surface area contributed by atoms with Gasteiger partial charge in [-0.05, 0) is 36.4 Å². The molecule has 3 aromatic rings. The summed E-state index contributed by atoms with van der Waals surface area (Å²) in [7, 11) is 0. The Morgan fingerprint density at radius 1 is 1.35 bits per heavy atom. The maximum Gasteiger partial charge on any atom is 0.249 e. The van der Waals surface area contributed by atoms with Crippen LogP contribution in [0.3, 0.4) is 0 Å². The van der Waals surface area contributed by atoms with E-state index in [1.54, 1.807) is 16.2 Å². The number of carbonyl (C=O) groups excluding carboxylic acids is 1. The molecule has 0 spiro atoms. The van der Waals surface area contributed by atoms with Gasteiger partial charge in [-0.2, -0.15) is 4.98 Å². The molecule has 0 radical (unpaired) electrons. The number of amides is 1. The fraction of sp³-hybridized carbons (Fsp3) is 0.278. The van der Waals surface area contributed by atoms with Crippen molar-refractivity contribution in [3.05, 3.63) is 58.1 Å². The molecule has 26 heavy (non-hydrogen) atoms. The van der Waals surface area contributed by atoms with Crippen LogP contribution in [0.1, 0.15) is 29.7 Å². The van der Waals surface area contributed by atoms with Crippen molar-refractivity contribution < 1.29 is 18.1 Å². The molecular formula is C18H15F2N3O2S. The van der Waals surface area contributed by atoms with Gasteiger partial charge < -0.3 is 9.42 Å². The Bertz CT molecular complexity index is 926. The first-order valence-corrected chi connectivity index (χ1v) is 9.10. The number of hydrogen-bond donors (Lipinski definition) is 0. The first kappa shape index (κ1) is 16.8. The van der Waals surface area contributed by atoms with Crippen LogP contribution in [0.5, 0.6) is 0 Å². The SMILES string of the molecule is O=C(Cc1cccs1)N1CCC[C@H]1c1nc(-c2ccc(F)cc2F)no1. The van der Waals surface area contributed by atoms with Crippen LogP contribution in [-0.4, -0.2) is 27.5 Å². The van der Waals surface area contributed by atoms with Crippen LogP contribution in [0.4, 0.5) is 8.78 Å². The minimum Gasteiger partial charge on any atom is -0.337 e. The molecule has 134 valence electrons. The van der Waals surface area contributed by atoms with Gasteiger partial charge in [-0.3, -0.25) is 4.79 Å². The van der Waals surface area contributed by atoms with Crippen molar-refractivity contribution in [2.45, 2.75) is 25.3 Å². The molecule has 0 unspecified atom stereocenters. The normalized spacial score (nSPS) is 17.0. The van der Waals surface area contributed by atoms with Gasteiger partial charge in [0.25, 0.3) is 0 Å². The van der Waals surface area contributed by atoms with E-state index < -0.39 is 11.6 Å². The van der Waals surface area contributed by atoms with Gasteiger partial charge in [0.1, 0.15) is 17.7 Å². The van der Waals surface area contributed by atoms with Gasteiger partial charge in [-0.25, -0.2) is 8.78 Å². The predicted molar refractivity (Wildman–Crippen MR) is 91.4 cm³/mol. The summed E-state index contributed by atoms with van der Waals surface area (Å²) >= 11 is 1.54. The third-order valence-corrected chi connectivity index (χ3v) is 5.25. The fourth-order valence-electron chi connectivity index (χ4n) is 3.14. The molecule has 4 rings (SSSR count). The zero-order chi connectivity index (χ0) is 18.1. The Hall–Kier alpha value is -2.61. The monoisotopic (exact) mass is 375 g/mol. The van der Waals surface area contributed by atoms with Crippen LogP contribution in [0.2, 0.25) is 0 Å². The molecule has 0 aliphatic carbocycles. The van der Waals surface area contributed by atoms with Gasteiger partial charge in [0.2, 0.25) is 17.6 Å². The maximum atomic E-state index is 13.9. The van der Waals surface area contributed by atoms with Crippen molar-refractivity contribution >= 4 is 17.2 Å². The van der Waals surface area contributed by atoms with Crippen LogP contribution in [-0.2, 0) is 11.2 Å². The van der Waals surface area contributed by atoms with E-state index in [0.717, 1.165) is 23.4 Å². The molecule has 1 fully saturated rings. The van der Waals surface area contributed by atoms with E-state index in [1.807, 2.05) is 17.5 Å². The van der Waals surface area contributed by atoms with E-state index in [9.17, 15) is 13.6 Å². The van der Waals surface area contributed by atoms with E-state index in [0.29, 0.717) is 19.4 Å². The van der Waals surface area contributed by atoms with E-state index in [1.165, 1.54) is 6.07 Å². The van der Waals surface area contributed by atoms with E-state index in [2.05, 4.69) is 10.1 Å². The topological polar surface area (TPSA) is 59.2 Å². The zero-order valence-corrected chi connectivity index (χ0v) is 14.5. The van der Waals surface area contributed by atoms with Gasteiger partial charge in [0, 0.05) is 17.5 Å². The molecule has 0 bridgehead atoms. The molecule has 8 heteroatoms. The smallest absolute Gasteiger partial charge is 0.249 e. The number of benzene rings is 1. The van der Waals surface area contributed by atoms with Gasteiger partial charge in [0.05, 0.1) is 12.0 Å². The van der Waals surface area contributed by atoms with E-state index in [-0.39, 0.29) is 29.2 Å². The summed E-state index contributed by atoms with van der Waals surface area (Å²) in [5.41, 5.74) is 0.0656. The van der Waals surface area contributed by atoms with Gasteiger partial charge in [-0.15, -0.1) is 11.3 Å². The molecule has 0 saturated carbocycles. The van der Waals surface area contributed by atoms with Crippen LogP contribution in [0.15, 0.2) is 40.2 Å². The highest BCUT2D eigenvalue weighted by atomic mass is 32.1.